The molecule has 4 heteroatoms. The van der Waals surface area contributed by atoms with E-state index in [1.807, 2.05) is 0 Å². The second kappa shape index (κ2) is 5.39. The van der Waals surface area contributed by atoms with Gasteiger partial charge in [-0.05, 0) is 19.9 Å². The number of hydrogen-bond donors (Lipinski definition) is 1. The van der Waals surface area contributed by atoms with Gasteiger partial charge in [0.05, 0.1) is 19.6 Å². The number of aromatic hydroxyl groups is 1. The maximum absolute atomic E-state index is 11.6. The highest BCUT2D eigenvalue weighted by Crippen LogP contribution is 2.30. The van der Waals surface area contributed by atoms with E-state index in [2.05, 4.69) is 0 Å². The first kappa shape index (κ1) is 12.4. The van der Waals surface area contributed by atoms with E-state index in [1.54, 1.807) is 19.9 Å². The molecule has 1 aromatic rings. The summed E-state index contributed by atoms with van der Waals surface area (Å²) in [7, 11) is 1.50. The van der Waals surface area contributed by atoms with Gasteiger partial charge in [-0.3, -0.25) is 4.79 Å². The lowest BCUT2D eigenvalue weighted by Gasteiger charge is -2.14. The summed E-state index contributed by atoms with van der Waals surface area (Å²) in [6, 6.07) is 4.66. The van der Waals surface area contributed by atoms with Crippen molar-refractivity contribution < 1.29 is 19.4 Å². The summed E-state index contributed by atoms with van der Waals surface area (Å²) < 4.78 is 10.0. The average molecular weight is 224 g/mol. The lowest BCUT2D eigenvalue weighted by Crippen LogP contribution is -2.13. The molecular weight excluding hydrogens is 208 g/mol. The van der Waals surface area contributed by atoms with E-state index in [1.165, 1.54) is 19.2 Å². The van der Waals surface area contributed by atoms with Crippen LogP contribution in [0.1, 0.15) is 25.3 Å². The molecule has 0 spiro atoms. The normalized spacial score (nSPS) is 11.9. The van der Waals surface area contributed by atoms with Gasteiger partial charge < -0.3 is 14.6 Å². The number of rotatable bonds is 4. The first-order valence-electron chi connectivity index (χ1n) is 5.13. The van der Waals surface area contributed by atoms with Crippen LogP contribution >= 0.6 is 0 Å². The fourth-order valence-electron chi connectivity index (χ4n) is 1.45. The minimum Gasteiger partial charge on any atom is -0.508 e. The topological polar surface area (TPSA) is 55.8 Å². The molecule has 16 heavy (non-hydrogen) atoms. The third-order valence-electron chi connectivity index (χ3n) is 2.32. The van der Waals surface area contributed by atoms with Crippen LogP contribution < -0.4 is 4.74 Å². The predicted molar refractivity (Wildman–Crippen MR) is 59.7 cm³/mol. The van der Waals surface area contributed by atoms with Crippen molar-refractivity contribution in [1.82, 2.24) is 0 Å². The van der Waals surface area contributed by atoms with Crippen LogP contribution in [0.3, 0.4) is 0 Å². The molecule has 0 aliphatic heterocycles. The highest BCUT2D eigenvalue weighted by Gasteiger charge is 2.20. The number of benzene rings is 1. The highest BCUT2D eigenvalue weighted by atomic mass is 16.5. The number of phenolic OH excluding ortho intramolecular Hbond substituents is 1. The van der Waals surface area contributed by atoms with Gasteiger partial charge in [0.1, 0.15) is 11.5 Å². The van der Waals surface area contributed by atoms with Gasteiger partial charge >= 0.3 is 5.97 Å². The van der Waals surface area contributed by atoms with E-state index < -0.39 is 5.92 Å². The Kier molecular flexibility index (Phi) is 4.17. The van der Waals surface area contributed by atoms with Crippen molar-refractivity contribution in [1.29, 1.82) is 0 Å². The summed E-state index contributed by atoms with van der Waals surface area (Å²) in [5.41, 5.74) is 0.707. The Hall–Kier alpha value is -1.71. The maximum atomic E-state index is 11.6. The molecule has 88 valence electrons. The minimum atomic E-state index is -0.407. The summed E-state index contributed by atoms with van der Waals surface area (Å²) in [6.07, 6.45) is 0. The van der Waals surface area contributed by atoms with Crippen LogP contribution in [0.15, 0.2) is 18.2 Å². The lowest BCUT2D eigenvalue weighted by molar-refractivity contribution is -0.144. The first-order valence-corrected chi connectivity index (χ1v) is 5.13. The van der Waals surface area contributed by atoms with Crippen molar-refractivity contribution >= 4 is 5.97 Å². The van der Waals surface area contributed by atoms with Crippen LogP contribution in [0.2, 0.25) is 0 Å². The molecule has 0 bridgehead atoms. The molecule has 0 saturated heterocycles. The molecule has 4 nitrogen and oxygen atoms in total. The molecule has 0 saturated carbocycles. The van der Waals surface area contributed by atoms with E-state index >= 15 is 0 Å². The Bertz CT molecular complexity index is 373. The van der Waals surface area contributed by atoms with Crippen molar-refractivity contribution in [2.45, 2.75) is 19.8 Å². The van der Waals surface area contributed by atoms with Gasteiger partial charge in [0.25, 0.3) is 0 Å². The standard InChI is InChI=1S/C12H16O4/c1-4-16-12(14)8(2)10-6-5-9(13)7-11(10)15-3/h5-8,13H,4H2,1-3H3. The van der Waals surface area contributed by atoms with E-state index in [4.69, 9.17) is 9.47 Å². The third-order valence-corrected chi connectivity index (χ3v) is 2.32. The Morgan fingerprint density at radius 1 is 1.50 bits per heavy atom. The highest BCUT2D eigenvalue weighted by molar-refractivity contribution is 5.78. The number of hydrogen-bond acceptors (Lipinski definition) is 4. The number of phenols is 1. The molecule has 0 aromatic heterocycles. The second-order valence-corrected chi connectivity index (χ2v) is 3.40. The van der Waals surface area contributed by atoms with Crippen LogP contribution in [0, 0.1) is 0 Å². The van der Waals surface area contributed by atoms with Crippen LogP contribution in [0.4, 0.5) is 0 Å². The number of esters is 1. The monoisotopic (exact) mass is 224 g/mol. The molecule has 1 unspecified atom stereocenters. The average Bonchev–Trinajstić information content (AvgIpc) is 2.28. The zero-order chi connectivity index (χ0) is 12.1. The second-order valence-electron chi connectivity index (χ2n) is 3.40. The molecule has 1 rings (SSSR count). The molecular formula is C12H16O4. The largest absolute Gasteiger partial charge is 0.508 e. The van der Waals surface area contributed by atoms with Crippen LogP contribution in [0.25, 0.3) is 0 Å². The zero-order valence-electron chi connectivity index (χ0n) is 9.69. The van der Waals surface area contributed by atoms with Crippen molar-refractivity contribution in [3.63, 3.8) is 0 Å². The van der Waals surface area contributed by atoms with Crippen LogP contribution in [0.5, 0.6) is 11.5 Å². The Morgan fingerprint density at radius 3 is 2.75 bits per heavy atom. The molecule has 1 aromatic carbocycles. The van der Waals surface area contributed by atoms with E-state index in [0.717, 1.165) is 0 Å². The number of ether oxygens (including phenoxy) is 2. The van der Waals surface area contributed by atoms with Gasteiger partial charge in [-0.1, -0.05) is 6.07 Å². The quantitative estimate of drug-likeness (QED) is 0.795. The smallest absolute Gasteiger partial charge is 0.313 e. The maximum Gasteiger partial charge on any atom is 0.313 e. The molecule has 0 radical (unpaired) electrons. The van der Waals surface area contributed by atoms with E-state index in [-0.39, 0.29) is 11.7 Å². The number of carbonyl (C=O) groups is 1. The predicted octanol–water partition coefficient (Wildman–Crippen LogP) is 2.07. The molecule has 0 fully saturated rings. The lowest BCUT2D eigenvalue weighted by atomic mass is 10.00. The Morgan fingerprint density at radius 2 is 2.19 bits per heavy atom. The Balaban J connectivity index is 2.98. The van der Waals surface area contributed by atoms with Gasteiger partial charge in [-0.2, -0.15) is 0 Å². The number of methoxy groups -OCH3 is 1. The third kappa shape index (κ3) is 2.66. The van der Waals surface area contributed by atoms with E-state index in [0.29, 0.717) is 17.9 Å². The summed E-state index contributed by atoms with van der Waals surface area (Å²) in [5.74, 6) is -0.112. The van der Waals surface area contributed by atoms with Gasteiger partial charge in [-0.25, -0.2) is 0 Å². The fourth-order valence-corrected chi connectivity index (χ4v) is 1.45. The van der Waals surface area contributed by atoms with Gasteiger partial charge in [0.2, 0.25) is 0 Å². The zero-order valence-corrected chi connectivity index (χ0v) is 9.69. The number of carbonyl (C=O) groups excluding carboxylic acids is 1. The minimum absolute atomic E-state index is 0.108. The summed E-state index contributed by atoms with van der Waals surface area (Å²) in [6.45, 7) is 3.86. The van der Waals surface area contributed by atoms with Crippen molar-refractivity contribution in [2.24, 2.45) is 0 Å². The van der Waals surface area contributed by atoms with Crippen LogP contribution in [-0.4, -0.2) is 24.8 Å². The summed E-state index contributed by atoms with van der Waals surface area (Å²) >= 11 is 0. The van der Waals surface area contributed by atoms with Crippen molar-refractivity contribution in [3.8, 4) is 11.5 Å². The fraction of sp³-hybridized carbons (Fsp3) is 0.417. The molecule has 0 amide bonds. The van der Waals surface area contributed by atoms with Crippen LogP contribution in [-0.2, 0) is 9.53 Å². The molecule has 0 heterocycles. The summed E-state index contributed by atoms with van der Waals surface area (Å²) in [5, 5.41) is 9.30. The molecule has 0 aliphatic carbocycles. The van der Waals surface area contributed by atoms with Gasteiger partial charge in [0, 0.05) is 11.6 Å². The van der Waals surface area contributed by atoms with Gasteiger partial charge in [0.15, 0.2) is 0 Å². The SMILES string of the molecule is CCOC(=O)C(C)c1ccc(O)cc1OC. The molecule has 1 atom stereocenters. The molecule has 0 aliphatic rings. The van der Waals surface area contributed by atoms with E-state index in [9.17, 15) is 9.90 Å². The molecule has 1 N–H and O–H groups in total. The first-order chi connectivity index (χ1) is 7.60. The summed E-state index contributed by atoms with van der Waals surface area (Å²) in [4.78, 5) is 11.6. The van der Waals surface area contributed by atoms with Gasteiger partial charge in [-0.15, -0.1) is 0 Å². The van der Waals surface area contributed by atoms with Crippen molar-refractivity contribution in [2.75, 3.05) is 13.7 Å². The van der Waals surface area contributed by atoms with Crippen molar-refractivity contribution in [3.05, 3.63) is 23.8 Å². The Labute approximate surface area is 94.8 Å².